The summed E-state index contributed by atoms with van der Waals surface area (Å²) in [7, 11) is 0. The van der Waals surface area contributed by atoms with Crippen molar-refractivity contribution in [3.8, 4) is 0 Å². The van der Waals surface area contributed by atoms with Crippen molar-refractivity contribution in [3.63, 3.8) is 0 Å². The van der Waals surface area contributed by atoms with Gasteiger partial charge in [0, 0.05) is 16.0 Å². The van der Waals surface area contributed by atoms with Crippen LogP contribution >= 0.6 is 34.2 Å². The van der Waals surface area contributed by atoms with Gasteiger partial charge in [-0.05, 0) is 59.2 Å². The zero-order chi connectivity index (χ0) is 11.8. The maximum atomic E-state index is 5.76. The van der Waals surface area contributed by atoms with Gasteiger partial charge >= 0.3 is 0 Å². The molecule has 0 heterocycles. The minimum absolute atomic E-state index is 0.710. The monoisotopic (exact) mass is 351 g/mol. The third-order valence-corrected chi connectivity index (χ3v) is 3.71. The summed E-state index contributed by atoms with van der Waals surface area (Å²) in [5.74, 6) is 1.48. The minimum Gasteiger partial charge on any atom is -0.312 e. The van der Waals surface area contributed by atoms with Gasteiger partial charge in [0.15, 0.2) is 0 Å². The van der Waals surface area contributed by atoms with E-state index in [0.717, 1.165) is 25.4 Å². The van der Waals surface area contributed by atoms with Crippen LogP contribution in [0.4, 0.5) is 0 Å². The van der Waals surface area contributed by atoms with E-state index in [1.165, 1.54) is 15.6 Å². The molecular formula is C13H19ClIN. The minimum atomic E-state index is 0.710. The summed E-state index contributed by atoms with van der Waals surface area (Å²) in [6, 6.07) is 8.65. The van der Waals surface area contributed by atoms with Gasteiger partial charge in [-0.15, -0.1) is 11.6 Å². The fourth-order valence-electron chi connectivity index (χ4n) is 1.63. The van der Waals surface area contributed by atoms with Gasteiger partial charge in [-0.1, -0.05) is 25.5 Å². The summed E-state index contributed by atoms with van der Waals surface area (Å²) in [6.45, 7) is 4.24. The second kappa shape index (κ2) is 8.31. The quantitative estimate of drug-likeness (QED) is 0.577. The number of nitrogens with one attached hydrogen (secondary N) is 1. The third kappa shape index (κ3) is 5.51. The number of hydrogen-bond acceptors (Lipinski definition) is 1. The SMILES string of the molecule is CCC(CCCl)CNCc1ccc(I)cc1. The zero-order valence-electron chi connectivity index (χ0n) is 9.68. The molecule has 1 rings (SSSR count). The topological polar surface area (TPSA) is 12.0 Å². The van der Waals surface area contributed by atoms with Crippen molar-refractivity contribution in [1.82, 2.24) is 5.32 Å². The first-order chi connectivity index (χ1) is 7.76. The smallest absolute Gasteiger partial charge is 0.0226 e. The molecule has 1 nitrogen and oxygen atoms in total. The molecule has 0 aliphatic rings. The maximum absolute atomic E-state index is 5.76. The van der Waals surface area contributed by atoms with Crippen LogP contribution in [0.25, 0.3) is 0 Å². The summed E-state index contributed by atoms with van der Waals surface area (Å²) in [5, 5.41) is 3.50. The first-order valence-corrected chi connectivity index (χ1v) is 7.38. The van der Waals surface area contributed by atoms with Gasteiger partial charge < -0.3 is 5.32 Å². The first-order valence-electron chi connectivity index (χ1n) is 5.77. The van der Waals surface area contributed by atoms with Gasteiger partial charge in [-0.25, -0.2) is 0 Å². The van der Waals surface area contributed by atoms with E-state index in [0.29, 0.717) is 5.92 Å². The lowest BCUT2D eigenvalue weighted by Crippen LogP contribution is -2.22. The van der Waals surface area contributed by atoms with Gasteiger partial charge in [0.2, 0.25) is 0 Å². The molecule has 0 aliphatic carbocycles. The first kappa shape index (κ1) is 14.3. The molecule has 3 heteroatoms. The van der Waals surface area contributed by atoms with Crippen molar-refractivity contribution >= 4 is 34.2 Å². The molecule has 1 N–H and O–H groups in total. The number of hydrogen-bond donors (Lipinski definition) is 1. The molecule has 0 radical (unpaired) electrons. The Hall–Kier alpha value is 0.200. The van der Waals surface area contributed by atoms with E-state index >= 15 is 0 Å². The molecule has 90 valence electrons. The summed E-state index contributed by atoms with van der Waals surface area (Å²) in [4.78, 5) is 0. The van der Waals surface area contributed by atoms with Crippen molar-refractivity contribution < 1.29 is 0 Å². The fourth-order valence-corrected chi connectivity index (χ4v) is 2.30. The van der Waals surface area contributed by atoms with Gasteiger partial charge in [0.05, 0.1) is 0 Å². The Kier molecular flexibility index (Phi) is 7.41. The predicted octanol–water partition coefficient (Wildman–Crippen LogP) is 4.04. The molecule has 0 fully saturated rings. The normalized spacial score (nSPS) is 12.7. The Labute approximate surface area is 117 Å². The second-order valence-electron chi connectivity index (χ2n) is 4.01. The van der Waals surface area contributed by atoms with Crippen LogP contribution in [-0.2, 0) is 6.54 Å². The van der Waals surface area contributed by atoms with E-state index < -0.39 is 0 Å². The number of benzene rings is 1. The Morgan fingerprint density at radius 3 is 2.56 bits per heavy atom. The van der Waals surface area contributed by atoms with E-state index in [2.05, 4.69) is 59.1 Å². The lowest BCUT2D eigenvalue weighted by atomic mass is 10.0. The van der Waals surface area contributed by atoms with Gasteiger partial charge in [0.1, 0.15) is 0 Å². The van der Waals surface area contributed by atoms with E-state index in [4.69, 9.17) is 11.6 Å². The number of halogens is 2. The molecule has 0 aliphatic heterocycles. The zero-order valence-corrected chi connectivity index (χ0v) is 12.6. The van der Waals surface area contributed by atoms with Crippen molar-refractivity contribution in [1.29, 1.82) is 0 Å². The Morgan fingerprint density at radius 2 is 2.00 bits per heavy atom. The molecule has 1 atom stereocenters. The fraction of sp³-hybridized carbons (Fsp3) is 0.538. The van der Waals surface area contributed by atoms with Crippen LogP contribution in [0.2, 0.25) is 0 Å². The lowest BCUT2D eigenvalue weighted by Gasteiger charge is -2.14. The number of rotatable bonds is 7. The van der Waals surface area contributed by atoms with Crippen LogP contribution in [0.1, 0.15) is 25.3 Å². The Balaban J connectivity index is 2.26. The Bertz CT molecular complexity index is 286. The average molecular weight is 352 g/mol. The molecule has 0 saturated carbocycles. The van der Waals surface area contributed by atoms with Crippen LogP contribution < -0.4 is 5.32 Å². The van der Waals surface area contributed by atoms with E-state index in [9.17, 15) is 0 Å². The third-order valence-electron chi connectivity index (χ3n) is 2.77. The highest BCUT2D eigenvalue weighted by atomic mass is 127. The summed E-state index contributed by atoms with van der Waals surface area (Å²) < 4.78 is 1.29. The molecule has 16 heavy (non-hydrogen) atoms. The molecule has 0 spiro atoms. The van der Waals surface area contributed by atoms with Gasteiger partial charge in [-0.2, -0.15) is 0 Å². The molecule has 0 bridgehead atoms. The molecule has 1 unspecified atom stereocenters. The summed E-state index contributed by atoms with van der Waals surface area (Å²) >= 11 is 8.09. The molecule has 0 aromatic heterocycles. The lowest BCUT2D eigenvalue weighted by molar-refractivity contribution is 0.451. The van der Waals surface area contributed by atoms with Gasteiger partial charge in [0.25, 0.3) is 0 Å². The predicted molar refractivity (Wildman–Crippen MR) is 80.0 cm³/mol. The van der Waals surface area contributed by atoms with Crippen LogP contribution in [0.15, 0.2) is 24.3 Å². The molecule has 1 aromatic rings. The molecule has 1 aromatic carbocycles. The molecular weight excluding hydrogens is 333 g/mol. The number of alkyl halides is 1. The second-order valence-corrected chi connectivity index (χ2v) is 5.63. The highest BCUT2D eigenvalue weighted by Crippen LogP contribution is 2.09. The van der Waals surface area contributed by atoms with Gasteiger partial charge in [-0.3, -0.25) is 0 Å². The van der Waals surface area contributed by atoms with Crippen LogP contribution in [0.3, 0.4) is 0 Å². The summed E-state index contributed by atoms with van der Waals surface area (Å²) in [5.41, 5.74) is 1.35. The standard InChI is InChI=1S/C13H19ClIN/c1-2-11(7-8-14)9-16-10-12-3-5-13(15)6-4-12/h3-6,11,16H,2,7-10H2,1H3. The highest BCUT2D eigenvalue weighted by Gasteiger charge is 2.04. The molecule has 0 amide bonds. The van der Waals surface area contributed by atoms with Crippen molar-refractivity contribution in [2.24, 2.45) is 5.92 Å². The highest BCUT2D eigenvalue weighted by molar-refractivity contribution is 14.1. The van der Waals surface area contributed by atoms with Crippen LogP contribution in [-0.4, -0.2) is 12.4 Å². The average Bonchev–Trinajstić information content (AvgIpc) is 2.30. The molecule has 0 saturated heterocycles. The van der Waals surface area contributed by atoms with E-state index in [-0.39, 0.29) is 0 Å². The maximum Gasteiger partial charge on any atom is 0.0226 e. The largest absolute Gasteiger partial charge is 0.312 e. The van der Waals surface area contributed by atoms with Crippen molar-refractivity contribution in [3.05, 3.63) is 33.4 Å². The van der Waals surface area contributed by atoms with Crippen LogP contribution in [0.5, 0.6) is 0 Å². The van der Waals surface area contributed by atoms with E-state index in [1.807, 2.05) is 0 Å². The Morgan fingerprint density at radius 1 is 1.31 bits per heavy atom. The van der Waals surface area contributed by atoms with Crippen molar-refractivity contribution in [2.75, 3.05) is 12.4 Å². The van der Waals surface area contributed by atoms with Crippen LogP contribution in [0, 0.1) is 9.49 Å². The summed E-state index contributed by atoms with van der Waals surface area (Å²) in [6.07, 6.45) is 2.31. The van der Waals surface area contributed by atoms with E-state index in [1.54, 1.807) is 0 Å². The van der Waals surface area contributed by atoms with Crippen molar-refractivity contribution in [2.45, 2.75) is 26.3 Å².